The first kappa shape index (κ1) is 17.4. The van der Waals surface area contributed by atoms with E-state index in [1.807, 2.05) is 26.0 Å². The Bertz CT molecular complexity index is 553. The van der Waals surface area contributed by atoms with Gasteiger partial charge in [-0.05, 0) is 38.8 Å². The SMILES string of the molecule is Cc1cc(C)cc(C(=O)NCC2(N3CCOCC3)CCCCC2)c1. The Morgan fingerprint density at radius 1 is 1.08 bits per heavy atom. The fourth-order valence-corrected chi connectivity index (χ4v) is 4.31. The van der Waals surface area contributed by atoms with Gasteiger partial charge in [0, 0.05) is 30.7 Å². The standard InChI is InChI=1S/C20H30N2O2/c1-16-12-17(2)14-18(13-16)19(23)21-15-20(6-4-3-5-7-20)22-8-10-24-11-9-22/h12-14H,3-11,15H2,1-2H3,(H,21,23). The van der Waals surface area contributed by atoms with E-state index < -0.39 is 0 Å². The van der Waals surface area contributed by atoms with Gasteiger partial charge in [0.2, 0.25) is 0 Å². The smallest absolute Gasteiger partial charge is 0.251 e. The molecular formula is C20H30N2O2. The lowest BCUT2D eigenvalue weighted by atomic mass is 9.79. The van der Waals surface area contributed by atoms with E-state index >= 15 is 0 Å². The number of carbonyl (C=O) groups excluding carboxylic acids is 1. The second-order valence-corrected chi connectivity index (χ2v) is 7.44. The van der Waals surface area contributed by atoms with Crippen LogP contribution >= 0.6 is 0 Å². The fourth-order valence-electron chi connectivity index (χ4n) is 4.31. The third-order valence-corrected chi connectivity index (χ3v) is 5.53. The molecule has 3 rings (SSSR count). The largest absolute Gasteiger partial charge is 0.379 e. The average Bonchev–Trinajstić information content (AvgIpc) is 2.60. The molecule has 132 valence electrons. The Morgan fingerprint density at radius 3 is 2.33 bits per heavy atom. The first-order valence-corrected chi connectivity index (χ1v) is 9.28. The second-order valence-electron chi connectivity index (χ2n) is 7.44. The maximum absolute atomic E-state index is 12.7. The number of benzene rings is 1. The summed E-state index contributed by atoms with van der Waals surface area (Å²) in [5.41, 5.74) is 3.18. The summed E-state index contributed by atoms with van der Waals surface area (Å²) in [7, 11) is 0. The Labute approximate surface area is 145 Å². The number of nitrogens with one attached hydrogen (secondary N) is 1. The molecule has 0 atom stereocenters. The number of carbonyl (C=O) groups is 1. The van der Waals surface area contributed by atoms with Crippen LogP contribution in [0.3, 0.4) is 0 Å². The normalized spacial score (nSPS) is 21.4. The summed E-state index contributed by atoms with van der Waals surface area (Å²) >= 11 is 0. The molecule has 1 aliphatic carbocycles. The van der Waals surface area contributed by atoms with Crippen molar-refractivity contribution in [3.05, 3.63) is 34.9 Å². The number of nitrogens with zero attached hydrogens (tertiary/aromatic N) is 1. The molecule has 0 spiro atoms. The minimum Gasteiger partial charge on any atom is -0.379 e. The Balaban J connectivity index is 1.69. The molecule has 1 aromatic carbocycles. The first-order valence-electron chi connectivity index (χ1n) is 9.28. The van der Waals surface area contributed by atoms with Crippen molar-refractivity contribution in [2.75, 3.05) is 32.8 Å². The second kappa shape index (κ2) is 7.66. The number of amides is 1. The number of morpholine rings is 1. The monoisotopic (exact) mass is 330 g/mol. The van der Waals surface area contributed by atoms with Gasteiger partial charge >= 0.3 is 0 Å². The van der Waals surface area contributed by atoms with E-state index in [0.717, 1.165) is 49.5 Å². The van der Waals surface area contributed by atoms with Crippen LogP contribution in [0.4, 0.5) is 0 Å². The molecule has 1 aromatic rings. The van der Waals surface area contributed by atoms with Gasteiger partial charge in [-0.1, -0.05) is 36.5 Å². The zero-order chi connectivity index (χ0) is 17.0. The van der Waals surface area contributed by atoms with Crippen LogP contribution in [-0.4, -0.2) is 49.2 Å². The minimum atomic E-state index is 0.0556. The van der Waals surface area contributed by atoms with Gasteiger partial charge in [-0.2, -0.15) is 0 Å². The molecule has 1 saturated heterocycles. The molecule has 0 bridgehead atoms. The highest BCUT2D eigenvalue weighted by Gasteiger charge is 2.38. The van der Waals surface area contributed by atoms with Crippen molar-refractivity contribution in [3.8, 4) is 0 Å². The average molecular weight is 330 g/mol. The molecule has 1 amide bonds. The topological polar surface area (TPSA) is 41.6 Å². The molecule has 1 heterocycles. The minimum absolute atomic E-state index is 0.0556. The molecule has 0 unspecified atom stereocenters. The fraction of sp³-hybridized carbons (Fsp3) is 0.650. The van der Waals surface area contributed by atoms with Crippen LogP contribution in [0.25, 0.3) is 0 Å². The molecule has 0 aromatic heterocycles. The third kappa shape index (κ3) is 3.98. The molecule has 1 saturated carbocycles. The summed E-state index contributed by atoms with van der Waals surface area (Å²) in [6, 6.07) is 6.06. The molecule has 24 heavy (non-hydrogen) atoms. The van der Waals surface area contributed by atoms with Crippen LogP contribution in [0.15, 0.2) is 18.2 Å². The van der Waals surface area contributed by atoms with Crippen molar-refractivity contribution in [3.63, 3.8) is 0 Å². The van der Waals surface area contributed by atoms with Crippen LogP contribution in [-0.2, 0) is 4.74 Å². The zero-order valence-electron chi connectivity index (χ0n) is 15.1. The first-order chi connectivity index (χ1) is 11.6. The van der Waals surface area contributed by atoms with Crippen LogP contribution in [0.2, 0.25) is 0 Å². The van der Waals surface area contributed by atoms with Crippen molar-refractivity contribution < 1.29 is 9.53 Å². The van der Waals surface area contributed by atoms with Gasteiger partial charge in [0.05, 0.1) is 13.2 Å². The van der Waals surface area contributed by atoms with Gasteiger partial charge in [0.1, 0.15) is 0 Å². The van der Waals surface area contributed by atoms with Crippen molar-refractivity contribution in [1.29, 1.82) is 0 Å². The highest BCUT2D eigenvalue weighted by atomic mass is 16.5. The summed E-state index contributed by atoms with van der Waals surface area (Å²) < 4.78 is 5.53. The molecule has 4 heteroatoms. The number of ether oxygens (including phenoxy) is 1. The van der Waals surface area contributed by atoms with Gasteiger partial charge in [-0.25, -0.2) is 0 Å². The van der Waals surface area contributed by atoms with Crippen molar-refractivity contribution in [1.82, 2.24) is 10.2 Å². The van der Waals surface area contributed by atoms with Gasteiger partial charge in [-0.3, -0.25) is 9.69 Å². The van der Waals surface area contributed by atoms with E-state index in [2.05, 4.69) is 16.3 Å². The van der Waals surface area contributed by atoms with Crippen LogP contribution in [0, 0.1) is 13.8 Å². The van der Waals surface area contributed by atoms with Crippen LogP contribution in [0.1, 0.15) is 53.6 Å². The summed E-state index contributed by atoms with van der Waals surface area (Å²) in [4.78, 5) is 15.2. The summed E-state index contributed by atoms with van der Waals surface area (Å²) in [5.74, 6) is 0.0556. The van der Waals surface area contributed by atoms with E-state index in [4.69, 9.17) is 4.74 Å². The van der Waals surface area contributed by atoms with Gasteiger partial charge in [-0.15, -0.1) is 0 Å². The lowest BCUT2D eigenvalue weighted by molar-refractivity contribution is -0.0361. The van der Waals surface area contributed by atoms with Crippen molar-refractivity contribution in [2.45, 2.75) is 51.5 Å². The molecule has 2 aliphatic rings. The van der Waals surface area contributed by atoms with Crippen LogP contribution in [0.5, 0.6) is 0 Å². The molecule has 0 radical (unpaired) electrons. The number of hydrogen-bond donors (Lipinski definition) is 1. The quantitative estimate of drug-likeness (QED) is 0.922. The zero-order valence-corrected chi connectivity index (χ0v) is 15.1. The van der Waals surface area contributed by atoms with E-state index in [1.165, 1.54) is 32.1 Å². The van der Waals surface area contributed by atoms with Gasteiger partial charge < -0.3 is 10.1 Å². The predicted octanol–water partition coefficient (Wildman–Crippen LogP) is 3.07. The van der Waals surface area contributed by atoms with Crippen molar-refractivity contribution in [2.24, 2.45) is 0 Å². The van der Waals surface area contributed by atoms with E-state index in [-0.39, 0.29) is 11.4 Å². The Morgan fingerprint density at radius 2 is 1.71 bits per heavy atom. The maximum atomic E-state index is 12.7. The van der Waals surface area contributed by atoms with Crippen molar-refractivity contribution >= 4 is 5.91 Å². The van der Waals surface area contributed by atoms with E-state index in [9.17, 15) is 4.79 Å². The van der Waals surface area contributed by atoms with E-state index in [0.29, 0.717) is 0 Å². The van der Waals surface area contributed by atoms with E-state index in [1.54, 1.807) is 0 Å². The summed E-state index contributed by atoms with van der Waals surface area (Å²) in [5, 5.41) is 3.24. The van der Waals surface area contributed by atoms with Gasteiger partial charge in [0.25, 0.3) is 5.91 Å². The highest BCUT2D eigenvalue weighted by molar-refractivity contribution is 5.94. The number of rotatable bonds is 4. The highest BCUT2D eigenvalue weighted by Crippen LogP contribution is 2.34. The predicted molar refractivity (Wildman–Crippen MR) is 96.5 cm³/mol. The lowest BCUT2D eigenvalue weighted by Gasteiger charge is -2.48. The van der Waals surface area contributed by atoms with Crippen LogP contribution < -0.4 is 5.32 Å². The number of aryl methyl sites for hydroxylation is 2. The Kier molecular flexibility index (Phi) is 5.57. The molecule has 1 aliphatic heterocycles. The molecule has 1 N–H and O–H groups in total. The lowest BCUT2D eigenvalue weighted by Crippen LogP contribution is -2.59. The molecule has 2 fully saturated rings. The molecular weight excluding hydrogens is 300 g/mol. The van der Waals surface area contributed by atoms with Gasteiger partial charge in [0.15, 0.2) is 0 Å². The summed E-state index contributed by atoms with van der Waals surface area (Å²) in [6.45, 7) is 8.43. The molecule has 4 nitrogen and oxygen atoms in total. The number of hydrogen-bond acceptors (Lipinski definition) is 3. The maximum Gasteiger partial charge on any atom is 0.251 e. The summed E-state index contributed by atoms with van der Waals surface area (Å²) in [6.07, 6.45) is 6.20. The Hall–Kier alpha value is -1.39. The third-order valence-electron chi connectivity index (χ3n) is 5.53.